The summed E-state index contributed by atoms with van der Waals surface area (Å²) in [6.45, 7) is 2.01. The van der Waals surface area contributed by atoms with Crippen LogP contribution >= 0.6 is 0 Å². The third kappa shape index (κ3) is 1.97. The number of hydrogen-bond donors (Lipinski definition) is 1. The lowest BCUT2D eigenvalue weighted by Gasteiger charge is -2.04. The van der Waals surface area contributed by atoms with E-state index in [2.05, 4.69) is 10.1 Å². The summed E-state index contributed by atoms with van der Waals surface area (Å²) in [4.78, 5) is 13.8. The number of carbonyl (C=O) groups excluding carboxylic acids is 1. The summed E-state index contributed by atoms with van der Waals surface area (Å²) in [5, 5.41) is 4.41. The number of nitrogens with one attached hydrogen (secondary N) is 1. The second-order valence-electron chi connectivity index (χ2n) is 4.34. The first-order valence-corrected chi connectivity index (χ1v) is 6.04. The van der Waals surface area contributed by atoms with E-state index in [1.807, 2.05) is 54.2 Å². The van der Waals surface area contributed by atoms with Crippen molar-refractivity contribution < 1.29 is 4.79 Å². The smallest absolute Gasteiger partial charge is 0.166 e. The maximum Gasteiger partial charge on any atom is 0.166 e. The molecule has 0 spiro atoms. The van der Waals surface area contributed by atoms with E-state index >= 15 is 0 Å². The summed E-state index contributed by atoms with van der Waals surface area (Å²) in [6.07, 6.45) is 2.61. The van der Waals surface area contributed by atoms with Gasteiger partial charge in [-0.05, 0) is 31.2 Å². The van der Waals surface area contributed by atoms with Crippen molar-refractivity contribution >= 4 is 6.29 Å². The Bertz CT molecular complexity index is 710. The van der Waals surface area contributed by atoms with Gasteiger partial charge in [0.25, 0.3) is 0 Å². The fourth-order valence-corrected chi connectivity index (χ4v) is 2.14. The van der Waals surface area contributed by atoms with Gasteiger partial charge in [-0.15, -0.1) is 0 Å². The van der Waals surface area contributed by atoms with E-state index in [0.717, 1.165) is 28.9 Å². The number of aldehydes is 1. The predicted molar refractivity (Wildman–Crippen MR) is 73.5 cm³/mol. The number of para-hydroxylation sites is 1. The molecule has 0 aliphatic rings. The number of hydrogen-bond acceptors (Lipinski definition) is 2. The van der Waals surface area contributed by atoms with E-state index in [9.17, 15) is 4.79 Å². The standard InChI is InChI=1S/C15H13N3O/c1-11-14(15-8-7-12(10-19)17-15)9-16-18(11)13-5-3-2-4-6-13/h2-10,17H,1H3. The third-order valence-electron chi connectivity index (χ3n) is 3.14. The van der Waals surface area contributed by atoms with Crippen LogP contribution in [-0.4, -0.2) is 21.1 Å². The Labute approximate surface area is 110 Å². The predicted octanol–water partition coefficient (Wildman–Crippen LogP) is 2.99. The zero-order valence-corrected chi connectivity index (χ0v) is 10.5. The fraction of sp³-hybridized carbons (Fsp3) is 0.0667. The van der Waals surface area contributed by atoms with Crippen LogP contribution in [0.25, 0.3) is 16.9 Å². The molecule has 1 aromatic carbocycles. The fourth-order valence-electron chi connectivity index (χ4n) is 2.14. The third-order valence-corrected chi connectivity index (χ3v) is 3.14. The zero-order valence-electron chi connectivity index (χ0n) is 10.5. The largest absolute Gasteiger partial charge is 0.352 e. The van der Waals surface area contributed by atoms with E-state index in [4.69, 9.17) is 0 Å². The number of H-pyrrole nitrogens is 1. The van der Waals surface area contributed by atoms with Crippen molar-refractivity contribution in [2.45, 2.75) is 6.92 Å². The molecule has 94 valence electrons. The molecule has 2 aromatic heterocycles. The molecule has 4 heteroatoms. The highest BCUT2D eigenvalue weighted by Gasteiger charge is 2.11. The van der Waals surface area contributed by atoms with Crippen LogP contribution in [0.2, 0.25) is 0 Å². The van der Waals surface area contributed by atoms with Gasteiger partial charge in [-0.1, -0.05) is 18.2 Å². The van der Waals surface area contributed by atoms with Crippen molar-refractivity contribution in [3.05, 3.63) is 60.0 Å². The molecule has 19 heavy (non-hydrogen) atoms. The Morgan fingerprint density at radius 1 is 1.16 bits per heavy atom. The Hall–Kier alpha value is -2.62. The van der Waals surface area contributed by atoms with E-state index < -0.39 is 0 Å². The highest BCUT2D eigenvalue weighted by Crippen LogP contribution is 2.24. The summed E-state index contributed by atoms with van der Waals surface area (Å²) < 4.78 is 1.89. The molecule has 0 aliphatic carbocycles. The minimum absolute atomic E-state index is 0.571. The highest BCUT2D eigenvalue weighted by atomic mass is 16.1. The normalized spacial score (nSPS) is 10.6. The molecule has 0 saturated carbocycles. The van der Waals surface area contributed by atoms with Gasteiger partial charge in [0.2, 0.25) is 0 Å². The molecule has 0 radical (unpaired) electrons. The molecule has 1 N–H and O–H groups in total. The molecular weight excluding hydrogens is 238 g/mol. The Kier molecular flexibility index (Phi) is 2.76. The van der Waals surface area contributed by atoms with Gasteiger partial charge in [0.05, 0.1) is 23.3 Å². The van der Waals surface area contributed by atoms with Gasteiger partial charge in [-0.25, -0.2) is 4.68 Å². The van der Waals surface area contributed by atoms with Crippen molar-refractivity contribution in [1.29, 1.82) is 0 Å². The summed E-state index contributed by atoms with van der Waals surface area (Å²) in [6, 6.07) is 13.6. The lowest BCUT2D eigenvalue weighted by atomic mass is 10.2. The van der Waals surface area contributed by atoms with Crippen LogP contribution in [0.15, 0.2) is 48.7 Å². The number of aromatic amines is 1. The first-order chi connectivity index (χ1) is 9.29. The van der Waals surface area contributed by atoms with Crippen LogP contribution < -0.4 is 0 Å². The summed E-state index contributed by atoms with van der Waals surface area (Å²) in [5.41, 5.74) is 4.53. The highest BCUT2D eigenvalue weighted by molar-refractivity contribution is 5.75. The summed E-state index contributed by atoms with van der Waals surface area (Å²) in [7, 11) is 0. The second kappa shape index (κ2) is 4.57. The van der Waals surface area contributed by atoms with Gasteiger partial charge in [-0.3, -0.25) is 4.79 Å². The number of nitrogens with zero attached hydrogens (tertiary/aromatic N) is 2. The minimum atomic E-state index is 0.571. The van der Waals surface area contributed by atoms with E-state index in [-0.39, 0.29) is 0 Å². The Morgan fingerprint density at radius 2 is 1.95 bits per heavy atom. The number of benzene rings is 1. The van der Waals surface area contributed by atoms with Crippen molar-refractivity contribution in [1.82, 2.24) is 14.8 Å². The van der Waals surface area contributed by atoms with Gasteiger partial charge >= 0.3 is 0 Å². The maximum absolute atomic E-state index is 10.7. The van der Waals surface area contributed by atoms with E-state index in [1.165, 1.54) is 0 Å². The monoisotopic (exact) mass is 251 g/mol. The van der Waals surface area contributed by atoms with Crippen LogP contribution in [0.4, 0.5) is 0 Å². The van der Waals surface area contributed by atoms with E-state index in [1.54, 1.807) is 6.07 Å². The van der Waals surface area contributed by atoms with E-state index in [0.29, 0.717) is 5.69 Å². The SMILES string of the molecule is Cc1c(-c2ccc(C=O)[nH]2)cnn1-c1ccccc1. The summed E-state index contributed by atoms with van der Waals surface area (Å²) >= 11 is 0. The van der Waals surface area contributed by atoms with Crippen LogP contribution in [0.3, 0.4) is 0 Å². The molecule has 3 rings (SSSR count). The van der Waals surface area contributed by atoms with Crippen molar-refractivity contribution in [2.75, 3.05) is 0 Å². The molecule has 0 aliphatic heterocycles. The van der Waals surface area contributed by atoms with Gasteiger partial charge < -0.3 is 4.98 Å². The summed E-state index contributed by atoms with van der Waals surface area (Å²) in [5.74, 6) is 0. The van der Waals surface area contributed by atoms with Gasteiger partial charge in [0, 0.05) is 11.3 Å². The second-order valence-corrected chi connectivity index (χ2v) is 4.34. The maximum atomic E-state index is 10.7. The van der Waals surface area contributed by atoms with Crippen LogP contribution in [0.5, 0.6) is 0 Å². The lowest BCUT2D eigenvalue weighted by molar-refractivity contribution is 0.111. The number of aromatic nitrogens is 3. The molecule has 0 saturated heterocycles. The molecular formula is C15H13N3O. The van der Waals surface area contributed by atoms with Crippen molar-refractivity contribution in [3.8, 4) is 16.9 Å². The first kappa shape index (κ1) is 11.5. The lowest BCUT2D eigenvalue weighted by Crippen LogP contribution is -1.98. The topological polar surface area (TPSA) is 50.7 Å². The molecule has 2 heterocycles. The van der Waals surface area contributed by atoms with Gasteiger partial charge in [0.15, 0.2) is 6.29 Å². The quantitative estimate of drug-likeness (QED) is 0.727. The average molecular weight is 251 g/mol. The molecule has 3 aromatic rings. The minimum Gasteiger partial charge on any atom is -0.352 e. The van der Waals surface area contributed by atoms with Crippen LogP contribution in [0.1, 0.15) is 16.2 Å². The average Bonchev–Trinajstić information content (AvgIpc) is 3.06. The van der Waals surface area contributed by atoms with Crippen LogP contribution in [0, 0.1) is 6.92 Å². The zero-order chi connectivity index (χ0) is 13.2. The molecule has 0 bridgehead atoms. The van der Waals surface area contributed by atoms with Gasteiger partial charge in [0.1, 0.15) is 0 Å². The van der Waals surface area contributed by atoms with Gasteiger partial charge in [-0.2, -0.15) is 5.10 Å². The first-order valence-electron chi connectivity index (χ1n) is 6.04. The van der Waals surface area contributed by atoms with Crippen LogP contribution in [-0.2, 0) is 0 Å². The molecule has 0 unspecified atom stereocenters. The van der Waals surface area contributed by atoms with Crippen molar-refractivity contribution in [2.24, 2.45) is 0 Å². The Balaban J connectivity index is 2.06. The molecule has 0 fully saturated rings. The van der Waals surface area contributed by atoms with Crippen molar-refractivity contribution in [3.63, 3.8) is 0 Å². The molecule has 4 nitrogen and oxygen atoms in total. The number of carbonyl (C=O) groups is 1. The Morgan fingerprint density at radius 3 is 2.63 bits per heavy atom. The number of rotatable bonds is 3. The molecule has 0 amide bonds. The molecule has 0 atom stereocenters.